The van der Waals surface area contributed by atoms with Gasteiger partial charge in [-0.3, -0.25) is 0 Å². The number of thiophene rings is 1. The quantitative estimate of drug-likeness (QED) is 0.828. The molecular weight excluding hydrogens is 298 g/mol. The molecule has 3 nitrogen and oxygen atoms in total. The Morgan fingerprint density at radius 1 is 1.38 bits per heavy atom. The molecule has 5 heteroatoms. The maximum atomic E-state index is 5.90. The summed E-state index contributed by atoms with van der Waals surface area (Å²) in [5, 5.41) is 3.23. The summed E-state index contributed by atoms with van der Waals surface area (Å²) in [7, 11) is 2.14. The van der Waals surface area contributed by atoms with Crippen molar-refractivity contribution < 1.29 is 0 Å². The lowest BCUT2D eigenvalue weighted by molar-refractivity contribution is 0.674. The van der Waals surface area contributed by atoms with Crippen LogP contribution in [0.3, 0.4) is 0 Å². The number of thiazole rings is 1. The Morgan fingerprint density at radius 2 is 2.14 bits per heavy atom. The first-order valence-electron chi connectivity index (χ1n) is 7.51. The topological polar surface area (TPSA) is 42.2 Å². The van der Waals surface area contributed by atoms with Crippen LogP contribution >= 0.6 is 22.7 Å². The normalized spacial score (nSPS) is 14.1. The Morgan fingerprint density at radius 3 is 2.71 bits per heavy atom. The number of rotatable bonds is 7. The van der Waals surface area contributed by atoms with Crippen molar-refractivity contribution in [2.45, 2.75) is 52.1 Å². The van der Waals surface area contributed by atoms with Crippen LogP contribution in [-0.2, 0) is 13.0 Å². The Labute approximate surface area is 135 Å². The molecule has 2 N–H and O–H groups in total. The maximum Gasteiger partial charge on any atom is 0.185 e. The third-order valence-corrected chi connectivity index (χ3v) is 6.10. The van der Waals surface area contributed by atoms with Gasteiger partial charge >= 0.3 is 0 Å². The fourth-order valence-electron chi connectivity index (χ4n) is 2.27. The van der Waals surface area contributed by atoms with Crippen molar-refractivity contribution in [1.82, 2.24) is 4.98 Å². The van der Waals surface area contributed by atoms with Crippen molar-refractivity contribution in [3.63, 3.8) is 0 Å². The molecule has 0 aliphatic rings. The van der Waals surface area contributed by atoms with Crippen LogP contribution in [0.5, 0.6) is 0 Å². The van der Waals surface area contributed by atoms with Crippen molar-refractivity contribution in [2.24, 2.45) is 5.73 Å². The fraction of sp³-hybridized carbons (Fsp3) is 0.562. The summed E-state index contributed by atoms with van der Waals surface area (Å²) in [5.41, 5.74) is 7.09. The third-order valence-electron chi connectivity index (χ3n) is 4.02. The molecule has 2 unspecified atom stereocenters. The molecule has 0 bridgehead atoms. The van der Waals surface area contributed by atoms with E-state index in [1.54, 1.807) is 11.3 Å². The number of nitrogens with two attached hydrogens (primary N) is 1. The number of anilines is 1. The van der Waals surface area contributed by atoms with E-state index in [0.717, 1.165) is 18.0 Å². The van der Waals surface area contributed by atoms with E-state index in [-0.39, 0.29) is 0 Å². The van der Waals surface area contributed by atoms with Crippen LogP contribution in [-0.4, -0.2) is 18.1 Å². The summed E-state index contributed by atoms with van der Waals surface area (Å²) < 4.78 is 0. The molecule has 0 aromatic carbocycles. The third kappa shape index (κ3) is 3.84. The van der Waals surface area contributed by atoms with E-state index in [1.165, 1.54) is 15.4 Å². The predicted octanol–water partition coefficient (Wildman–Crippen LogP) is 4.24. The van der Waals surface area contributed by atoms with Crippen LogP contribution in [0.2, 0.25) is 0 Å². The van der Waals surface area contributed by atoms with Crippen LogP contribution in [0.1, 0.15) is 48.6 Å². The molecule has 0 fully saturated rings. The Bertz CT molecular complexity index is 548. The molecule has 21 heavy (non-hydrogen) atoms. The van der Waals surface area contributed by atoms with Crippen LogP contribution in [0.15, 0.2) is 17.5 Å². The summed E-state index contributed by atoms with van der Waals surface area (Å²) in [6, 6.07) is 4.75. The Balaban J connectivity index is 2.14. The van der Waals surface area contributed by atoms with Gasteiger partial charge in [0, 0.05) is 35.8 Å². The molecule has 0 saturated carbocycles. The average Bonchev–Trinajstić information content (AvgIpc) is 3.14. The number of nitrogens with zero attached hydrogens (tertiary/aromatic N) is 2. The van der Waals surface area contributed by atoms with Crippen molar-refractivity contribution in [3.05, 3.63) is 33.0 Å². The van der Waals surface area contributed by atoms with Gasteiger partial charge in [0.25, 0.3) is 0 Å². The van der Waals surface area contributed by atoms with Gasteiger partial charge in [-0.25, -0.2) is 4.98 Å². The zero-order chi connectivity index (χ0) is 15.4. The standard InChI is InChI=1S/C16H25N3S2/c1-5-11(2)15-14(10-17)21-16(18-15)19(4)12(3)9-13-7-6-8-20-13/h6-8,11-12H,5,9-10,17H2,1-4H3. The second kappa shape index (κ2) is 7.38. The first-order chi connectivity index (χ1) is 10.1. The smallest absolute Gasteiger partial charge is 0.185 e. The molecule has 0 aliphatic carbocycles. The minimum absolute atomic E-state index is 0.435. The first kappa shape index (κ1) is 16.5. The molecule has 2 aromatic rings. The van der Waals surface area contributed by atoms with E-state index >= 15 is 0 Å². The molecule has 2 rings (SSSR count). The number of aromatic nitrogens is 1. The van der Waals surface area contributed by atoms with E-state index in [1.807, 2.05) is 11.3 Å². The second-order valence-electron chi connectivity index (χ2n) is 5.56. The van der Waals surface area contributed by atoms with Crippen LogP contribution < -0.4 is 10.6 Å². The van der Waals surface area contributed by atoms with Crippen molar-refractivity contribution in [1.29, 1.82) is 0 Å². The lowest BCUT2D eigenvalue weighted by atomic mass is 10.0. The summed E-state index contributed by atoms with van der Waals surface area (Å²) in [4.78, 5) is 9.81. The Hall–Kier alpha value is -0.910. The first-order valence-corrected chi connectivity index (χ1v) is 9.21. The van der Waals surface area contributed by atoms with E-state index in [0.29, 0.717) is 18.5 Å². The van der Waals surface area contributed by atoms with Gasteiger partial charge in [0.1, 0.15) is 0 Å². The van der Waals surface area contributed by atoms with E-state index < -0.39 is 0 Å². The molecule has 0 spiro atoms. The van der Waals surface area contributed by atoms with Gasteiger partial charge in [0.2, 0.25) is 0 Å². The van der Waals surface area contributed by atoms with Crippen molar-refractivity contribution in [2.75, 3.05) is 11.9 Å². The zero-order valence-electron chi connectivity index (χ0n) is 13.3. The summed E-state index contributed by atoms with van der Waals surface area (Å²) in [5.74, 6) is 0.481. The highest BCUT2D eigenvalue weighted by Crippen LogP contribution is 2.32. The van der Waals surface area contributed by atoms with Gasteiger partial charge in [0.05, 0.1) is 5.69 Å². The predicted molar refractivity (Wildman–Crippen MR) is 94.6 cm³/mol. The summed E-state index contributed by atoms with van der Waals surface area (Å²) in [6.45, 7) is 7.27. The summed E-state index contributed by atoms with van der Waals surface area (Å²) >= 11 is 3.57. The van der Waals surface area contributed by atoms with Crippen molar-refractivity contribution in [3.8, 4) is 0 Å². The van der Waals surface area contributed by atoms with Gasteiger partial charge < -0.3 is 10.6 Å². The van der Waals surface area contributed by atoms with E-state index in [4.69, 9.17) is 10.7 Å². The van der Waals surface area contributed by atoms with E-state index in [9.17, 15) is 0 Å². The highest BCUT2D eigenvalue weighted by atomic mass is 32.1. The largest absolute Gasteiger partial charge is 0.348 e. The molecule has 0 aliphatic heterocycles. The van der Waals surface area contributed by atoms with Gasteiger partial charge in [-0.1, -0.05) is 19.9 Å². The highest BCUT2D eigenvalue weighted by molar-refractivity contribution is 7.15. The van der Waals surface area contributed by atoms with Gasteiger partial charge in [-0.05, 0) is 30.7 Å². The molecule has 2 heterocycles. The van der Waals surface area contributed by atoms with E-state index in [2.05, 4.69) is 50.2 Å². The molecule has 116 valence electrons. The number of likely N-dealkylation sites (N-methyl/N-ethyl adjacent to an activating group) is 1. The number of hydrogen-bond acceptors (Lipinski definition) is 5. The van der Waals surface area contributed by atoms with Gasteiger partial charge in [-0.15, -0.1) is 22.7 Å². The monoisotopic (exact) mass is 323 g/mol. The fourth-order valence-corrected chi connectivity index (χ4v) is 4.22. The molecular formula is C16H25N3S2. The highest BCUT2D eigenvalue weighted by Gasteiger charge is 2.20. The Kier molecular flexibility index (Phi) is 5.79. The molecule has 2 atom stereocenters. The molecule has 0 radical (unpaired) electrons. The molecule has 0 saturated heterocycles. The van der Waals surface area contributed by atoms with Crippen LogP contribution in [0, 0.1) is 0 Å². The van der Waals surface area contributed by atoms with Crippen LogP contribution in [0.25, 0.3) is 0 Å². The zero-order valence-corrected chi connectivity index (χ0v) is 14.9. The van der Waals surface area contributed by atoms with Crippen LogP contribution in [0.4, 0.5) is 5.13 Å². The minimum Gasteiger partial charge on any atom is -0.348 e. The SMILES string of the molecule is CCC(C)c1nc(N(C)C(C)Cc2cccs2)sc1CN. The summed E-state index contributed by atoms with van der Waals surface area (Å²) in [6.07, 6.45) is 2.16. The average molecular weight is 324 g/mol. The number of hydrogen-bond donors (Lipinski definition) is 1. The minimum atomic E-state index is 0.435. The van der Waals surface area contributed by atoms with Gasteiger partial charge in [-0.2, -0.15) is 0 Å². The maximum absolute atomic E-state index is 5.90. The lowest BCUT2D eigenvalue weighted by Gasteiger charge is -2.23. The molecule has 2 aromatic heterocycles. The van der Waals surface area contributed by atoms with Gasteiger partial charge in [0.15, 0.2) is 5.13 Å². The second-order valence-corrected chi connectivity index (χ2v) is 7.66. The van der Waals surface area contributed by atoms with Crippen molar-refractivity contribution >= 4 is 27.8 Å². The molecule has 0 amide bonds. The lowest BCUT2D eigenvalue weighted by Crippen LogP contribution is -2.30.